The second kappa shape index (κ2) is 5.27. The fourth-order valence-corrected chi connectivity index (χ4v) is 3.28. The van der Waals surface area contributed by atoms with Crippen LogP contribution in [0.25, 0.3) is 0 Å². The zero-order chi connectivity index (χ0) is 14.2. The topological polar surface area (TPSA) is 36.9 Å². The van der Waals surface area contributed by atoms with Crippen molar-refractivity contribution in [1.29, 1.82) is 0 Å². The number of aromatic amines is 1. The summed E-state index contributed by atoms with van der Waals surface area (Å²) in [5.41, 5.74) is 0.500. The van der Waals surface area contributed by atoms with E-state index in [2.05, 4.69) is 54.4 Å². The van der Waals surface area contributed by atoms with Crippen molar-refractivity contribution in [2.24, 2.45) is 5.41 Å². The lowest BCUT2D eigenvalue weighted by atomic mass is 9.75. The minimum Gasteiger partial charge on any atom is -0.341 e. The van der Waals surface area contributed by atoms with Crippen LogP contribution in [-0.2, 0) is 0 Å². The van der Waals surface area contributed by atoms with E-state index in [1.165, 1.54) is 25.7 Å². The van der Waals surface area contributed by atoms with E-state index in [0.717, 1.165) is 5.95 Å². The first-order valence-electron chi connectivity index (χ1n) is 7.21. The monoisotopic (exact) mass is 282 g/mol. The van der Waals surface area contributed by atoms with Crippen molar-refractivity contribution in [3.63, 3.8) is 0 Å². The number of nitrogens with zero attached hydrogens (tertiary/aromatic N) is 3. The first-order chi connectivity index (χ1) is 8.82. The molecule has 0 atom stereocenters. The first-order valence-corrected chi connectivity index (χ1v) is 7.62. The van der Waals surface area contributed by atoms with E-state index in [0.29, 0.717) is 22.3 Å². The SMILES string of the molecule is CC(C)n1c(N(C)C2CCC(C)(C)CC2)n[nH]c1=S. The predicted molar refractivity (Wildman–Crippen MR) is 82.2 cm³/mol. The number of rotatable bonds is 3. The minimum absolute atomic E-state index is 0.337. The van der Waals surface area contributed by atoms with Gasteiger partial charge in [0.15, 0.2) is 4.77 Å². The summed E-state index contributed by atoms with van der Waals surface area (Å²) >= 11 is 5.32. The molecule has 2 rings (SSSR count). The molecule has 5 heteroatoms. The third-order valence-corrected chi connectivity index (χ3v) is 4.66. The maximum Gasteiger partial charge on any atom is 0.225 e. The average molecular weight is 282 g/mol. The summed E-state index contributed by atoms with van der Waals surface area (Å²) in [6, 6.07) is 0.916. The van der Waals surface area contributed by atoms with Gasteiger partial charge in [-0.3, -0.25) is 4.57 Å². The van der Waals surface area contributed by atoms with Crippen LogP contribution in [0.3, 0.4) is 0 Å². The van der Waals surface area contributed by atoms with Crippen molar-refractivity contribution in [2.45, 2.75) is 65.5 Å². The number of hydrogen-bond donors (Lipinski definition) is 1. The lowest BCUT2D eigenvalue weighted by Gasteiger charge is -2.39. The molecule has 1 saturated carbocycles. The maximum absolute atomic E-state index is 5.32. The minimum atomic E-state index is 0.337. The summed E-state index contributed by atoms with van der Waals surface area (Å²) in [5.74, 6) is 0.977. The Morgan fingerprint density at radius 3 is 2.47 bits per heavy atom. The Balaban J connectivity index is 2.17. The van der Waals surface area contributed by atoms with E-state index in [4.69, 9.17) is 12.2 Å². The van der Waals surface area contributed by atoms with E-state index in [1.54, 1.807) is 0 Å². The highest BCUT2D eigenvalue weighted by molar-refractivity contribution is 7.71. The molecule has 0 aliphatic heterocycles. The Labute approximate surface area is 121 Å². The average Bonchev–Trinajstić information content (AvgIpc) is 2.70. The quantitative estimate of drug-likeness (QED) is 0.854. The van der Waals surface area contributed by atoms with Crippen molar-refractivity contribution < 1.29 is 0 Å². The predicted octanol–water partition coefficient (Wildman–Crippen LogP) is 3.93. The Morgan fingerprint density at radius 1 is 1.37 bits per heavy atom. The molecule has 4 nitrogen and oxygen atoms in total. The van der Waals surface area contributed by atoms with Gasteiger partial charge in [-0.1, -0.05) is 13.8 Å². The smallest absolute Gasteiger partial charge is 0.225 e. The zero-order valence-electron chi connectivity index (χ0n) is 12.7. The van der Waals surface area contributed by atoms with Gasteiger partial charge in [-0.2, -0.15) is 0 Å². The van der Waals surface area contributed by atoms with Crippen LogP contribution in [0.4, 0.5) is 5.95 Å². The molecule has 19 heavy (non-hydrogen) atoms. The third-order valence-electron chi connectivity index (χ3n) is 4.37. The molecule has 0 spiro atoms. The lowest BCUT2D eigenvalue weighted by molar-refractivity contribution is 0.221. The van der Waals surface area contributed by atoms with Crippen molar-refractivity contribution in [3.05, 3.63) is 4.77 Å². The molecule has 0 radical (unpaired) electrons. The molecule has 0 saturated heterocycles. The summed E-state index contributed by atoms with van der Waals surface area (Å²) in [5, 5.41) is 7.35. The highest BCUT2D eigenvalue weighted by Gasteiger charge is 2.30. The second-order valence-electron chi connectivity index (χ2n) is 6.80. The summed E-state index contributed by atoms with van der Waals surface area (Å²) in [4.78, 5) is 2.31. The summed E-state index contributed by atoms with van der Waals surface area (Å²) in [6.07, 6.45) is 5.05. The van der Waals surface area contributed by atoms with Crippen molar-refractivity contribution >= 4 is 18.2 Å². The van der Waals surface area contributed by atoms with Crippen LogP contribution in [0.15, 0.2) is 0 Å². The van der Waals surface area contributed by atoms with E-state index < -0.39 is 0 Å². The fraction of sp³-hybridized carbons (Fsp3) is 0.857. The van der Waals surface area contributed by atoms with Crippen LogP contribution in [0.5, 0.6) is 0 Å². The molecule has 1 aromatic rings. The molecule has 0 bridgehead atoms. The van der Waals surface area contributed by atoms with E-state index in [1.807, 2.05) is 0 Å². The molecule has 0 amide bonds. The molecule has 1 aromatic heterocycles. The number of nitrogens with one attached hydrogen (secondary N) is 1. The number of hydrogen-bond acceptors (Lipinski definition) is 3. The summed E-state index contributed by atoms with van der Waals surface area (Å²) in [7, 11) is 2.15. The zero-order valence-corrected chi connectivity index (χ0v) is 13.5. The van der Waals surface area contributed by atoms with Gasteiger partial charge in [0, 0.05) is 19.1 Å². The van der Waals surface area contributed by atoms with Gasteiger partial charge in [0.25, 0.3) is 0 Å². The van der Waals surface area contributed by atoms with Gasteiger partial charge >= 0.3 is 0 Å². The standard InChI is InChI=1S/C14H26N4S/c1-10(2)18-12(15-16-13(18)19)17(5)11-6-8-14(3,4)9-7-11/h10-11H,6-9H2,1-5H3,(H,16,19). The second-order valence-corrected chi connectivity index (χ2v) is 7.19. The van der Waals surface area contributed by atoms with Crippen molar-refractivity contribution in [3.8, 4) is 0 Å². The molecule has 1 aliphatic carbocycles. The Morgan fingerprint density at radius 2 is 1.95 bits per heavy atom. The van der Waals surface area contributed by atoms with E-state index >= 15 is 0 Å². The largest absolute Gasteiger partial charge is 0.341 e. The lowest BCUT2D eigenvalue weighted by Crippen LogP contribution is -2.38. The molecule has 1 aliphatic rings. The molecule has 1 N–H and O–H groups in total. The maximum atomic E-state index is 5.32. The number of aromatic nitrogens is 3. The number of H-pyrrole nitrogens is 1. The van der Waals surface area contributed by atoms with Gasteiger partial charge in [-0.15, -0.1) is 5.10 Å². The van der Waals surface area contributed by atoms with E-state index in [9.17, 15) is 0 Å². The Bertz CT molecular complexity index is 476. The molecule has 108 valence electrons. The van der Waals surface area contributed by atoms with Gasteiger partial charge in [0.05, 0.1) is 0 Å². The molecular formula is C14H26N4S. The van der Waals surface area contributed by atoms with Gasteiger partial charge in [0.1, 0.15) is 0 Å². The van der Waals surface area contributed by atoms with Crippen LogP contribution in [0, 0.1) is 10.2 Å². The van der Waals surface area contributed by atoms with Crippen molar-refractivity contribution in [1.82, 2.24) is 14.8 Å². The molecule has 1 fully saturated rings. The number of anilines is 1. The van der Waals surface area contributed by atoms with Crippen LogP contribution in [0.2, 0.25) is 0 Å². The van der Waals surface area contributed by atoms with Crippen LogP contribution >= 0.6 is 12.2 Å². The van der Waals surface area contributed by atoms with Gasteiger partial charge in [0.2, 0.25) is 5.95 Å². The molecule has 0 unspecified atom stereocenters. The Kier molecular flexibility index (Phi) is 4.04. The van der Waals surface area contributed by atoms with Crippen molar-refractivity contribution in [2.75, 3.05) is 11.9 Å². The van der Waals surface area contributed by atoms with E-state index in [-0.39, 0.29) is 0 Å². The Hall–Kier alpha value is -0.840. The normalized spacial score (nSPS) is 19.9. The highest BCUT2D eigenvalue weighted by atomic mass is 32.1. The van der Waals surface area contributed by atoms with Gasteiger partial charge in [-0.25, -0.2) is 5.10 Å². The van der Waals surface area contributed by atoms with Gasteiger partial charge in [-0.05, 0) is 57.2 Å². The summed E-state index contributed by atoms with van der Waals surface area (Å²) in [6.45, 7) is 9.03. The van der Waals surface area contributed by atoms with Gasteiger partial charge < -0.3 is 4.90 Å². The third kappa shape index (κ3) is 3.02. The molecule has 0 aromatic carbocycles. The fourth-order valence-electron chi connectivity index (χ4n) is 2.95. The van der Waals surface area contributed by atoms with Crippen LogP contribution in [0.1, 0.15) is 59.4 Å². The first kappa shape index (κ1) is 14.6. The van der Waals surface area contributed by atoms with Crippen LogP contribution in [-0.4, -0.2) is 27.9 Å². The highest BCUT2D eigenvalue weighted by Crippen LogP contribution is 2.37. The summed E-state index contributed by atoms with van der Waals surface area (Å²) < 4.78 is 2.82. The molecular weight excluding hydrogens is 256 g/mol. The van der Waals surface area contributed by atoms with Crippen LogP contribution < -0.4 is 4.90 Å². The molecule has 1 heterocycles.